The average molecular weight is 613 g/mol. The van der Waals surface area contributed by atoms with Crippen LogP contribution in [0.4, 0.5) is 10.5 Å². The van der Waals surface area contributed by atoms with Gasteiger partial charge >= 0.3 is 16.2 Å². The van der Waals surface area contributed by atoms with Gasteiger partial charge in [0, 0.05) is 25.2 Å². The number of amides is 1. The molecule has 8 nitrogen and oxygen atoms in total. The van der Waals surface area contributed by atoms with E-state index in [2.05, 4.69) is 37.8 Å². The lowest BCUT2D eigenvalue weighted by Gasteiger charge is -2.38. The van der Waals surface area contributed by atoms with Crippen molar-refractivity contribution >= 4 is 41.8 Å². The Hall–Kier alpha value is -1.95. The van der Waals surface area contributed by atoms with E-state index >= 15 is 0 Å². The normalized spacial score (nSPS) is 13.3. The zero-order chi connectivity index (χ0) is 30.1. The monoisotopic (exact) mass is 612 g/mol. The zero-order valence-corrected chi connectivity index (χ0v) is 27.4. The molecule has 224 valence electrons. The lowest BCUT2D eigenvalue weighted by molar-refractivity contribution is 0.104. The molecular formula is C29H45ClN2O6SSi. The number of benzene rings is 2. The third-order valence-corrected chi connectivity index (χ3v) is 12.5. The van der Waals surface area contributed by atoms with E-state index in [0.717, 1.165) is 35.5 Å². The Labute approximate surface area is 246 Å². The van der Waals surface area contributed by atoms with E-state index in [1.54, 1.807) is 32.9 Å². The van der Waals surface area contributed by atoms with Crippen molar-refractivity contribution in [3.8, 4) is 0 Å². The molecule has 1 amide bonds. The minimum absolute atomic E-state index is 0.00153. The molecule has 1 atom stereocenters. The van der Waals surface area contributed by atoms with Gasteiger partial charge in [-0.3, -0.25) is 9.80 Å². The molecule has 1 unspecified atom stereocenters. The summed E-state index contributed by atoms with van der Waals surface area (Å²) < 4.78 is 35.4. The maximum Gasteiger partial charge on any atom is 0.430 e. The van der Waals surface area contributed by atoms with E-state index in [1.807, 2.05) is 24.3 Å². The maximum absolute atomic E-state index is 13.1. The maximum atomic E-state index is 13.1. The lowest BCUT2D eigenvalue weighted by atomic mass is 10.0. The third kappa shape index (κ3) is 9.85. The van der Waals surface area contributed by atoms with Gasteiger partial charge in [-0.25, -0.2) is 4.79 Å². The van der Waals surface area contributed by atoms with Crippen molar-refractivity contribution in [1.29, 1.82) is 0 Å². The van der Waals surface area contributed by atoms with Crippen molar-refractivity contribution in [2.45, 2.75) is 77.9 Å². The number of carbonyl (C=O) groups excluding carboxylic acids is 1. The molecule has 0 radical (unpaired) electrons. The Kier molecular flexibility index (Phi) is 12.7. The van der Waals surface area contributed by atoms with Crippen molar-refractivity contribution in [2.75, 3.05) is 30.9 Å². The van der Waals surface area contributed by atoms with Crippen LogP contribution in [0.5, 0.6) is 0 Å². The van der Waals surface area contributed by atoms with Gasteiger partial charge in [-0.15, -0.1) is 0 Å². The molecule has 0 bridgehead atoms. The van der Waals surface area contributed by atoms with Gasteiger partial charge in [0.25, 0.3) is 0 Å². The first-order valence-electron chi connectivity index (χ1n) is 13.8. The first-order chi connectivity index (χ1) is 18.7. The number of aliphatic hydroxyl groups excluding tert-OH is 1. The van der Waals surface area contributed by atoms with E-state index in [1.165, 1.54) is 4.90 Å². The summed E-state index contributed by atoms with van der Waals surface area (Å²) >= 11 is 6.62. The van der Waals surface area contributed by atoms with Gasteiger partial charge in [0.2, 0.25) is 0 Å². The Morgan fingerprint density at radius 3 is 2.15 bits per heavy atom. The highest BCUT2D eigenvalue weighted by molar-refractivity contribution is 7.86. The van der Waals surface area contributed by atoms with E-state index < -0.39 is 30.1 Å². The largest absolute Gasteiger partial charge is 0.430 e. The number of anilines is 1. The molecule has 0 aliphatic heterocycles. The number of carbonyl (C=O) groups is 1. The quantitative estimate of drug-likeness (QED) is 0.190. The smallest absolute Gasteiger partial charge is 0.409 e. The van der Waals surface area contributed by atoms with Gasteiger partial charge in [-0.05, 0) is 62.2 Å². The van der Waals surface area contributed by atoms with Crippen LogP contribution in [0, 0.1) is 0 Å². The van der Waals surface area contributed by atoms with Crippen molar-refractivity contribution in [3.63, 3.8) is 0 Å². The van der Waals surface area contributed by atoms with Crippen molar-refractivity contribution in [2.24, 2.45) is 0 Å². The van der Waals surface area contributed by atoms with Gasteiger partial charge in [0.05, 0.1) is 29.7 Å². The summed E-state index contributed by atoms with van der Waals surface area (Å²) in [6.07, 6.45) is -0.567. The van der Waals surface area contributed by atoms with Crippen LogP contribution in [0.1, 0.15) is 58.8 Å². The highest BCUT2D eigenvalue weighted by Crippen LogP contribution is 2.37. The lowest BCUT2D eigenvalue weighted by Crippen LogP contribution is -2.47. The average Bonchev–Trinajstić information content (AvgIpc) is 2.87. The first kappa shape index (κ1) is 34.2. The minimum Gasteiger partial charge on any atom is -0.409 e. The number of aliphatic hydroxyl groups is 1. The fourth-order valence-electron chi connectivity index (χ4n) is 4.77. The van der Waals surface area contributed by atoms with Gasteiger partial charge in [-0.2, -0.15) is 8.42 Å². The van der Waals surface area contributed by atoms with Gasteiger partial charge < -0.3 is 13.7 Å². The molecule has 0 saturated heterocycles. The summed E-state index contributed by atoms with van der Waals surface area (Å²) in [6.45, 7) is 13.4. The SMILES string of the molecule is CC[Si](CC)(CC)OC(CN(CCO)Cc1ccccc1)c1ccc(Cl)c(N(C(=O)OS(C)(=O)=O)C(C)(C)C)c1. The molecule has 0 spiro atoms. The third-order valence-electron chi connectivity index (χ3n) is 7.07. The molecule has 0 aliphatic rings. The highest BCUT2D eigenvalue weighted by atomic mass is 35.5. The van der Waals surface area contributed by atoms with Crippen LogP contribution in [0.15, 0.2) is 48.5 Å². The molecule has 2 aromatic carbocycles. The van der Waals surface area contributed by atoms with E-state index in [0.29, 0.717) is 25.3 Å². The van der Waals surface area contributed by atoms with Crippen LogP contribution >= 0.6 is 11.6 Å². The summed E-state index contributed by atoms with van der Waals surface area (Å²) in [5.74, 6) is 0. The van der Waals surface area contributed by atoms with E-state index in [9.17, 15) is 18.3 Å². The molecule has 0 heterocycles. The van der Waals surface area contributed by atoms with Crippen LogP contribution in [-0.4, -0.2) is 64.3 Å². The highest BCUT2D eigenvalue weighted by Gasteiger charge is 2.36. The molecule has 1 N–H and O–H groups in total. The fraction of sp³-hybridized carbons (Fsp3) is 0.552. The predicted octanol–water partition coefficient (Wildman–Crippen LogP) is 6.60. The van der Waals surface area contributed by atoms with Crippen LogP contribution in [0.25, 0.3) is 0 Å². The second kappa shape index (κ2) is 14.8. The topological polar surface area (TPSA) is 96.4 Å². The van der Waals surface area contributed by atoms with Gasteiger partial charge in [0.15, 0.2) is 8.32 Å². The predicted molar refractivity (Wildman–Crippen MR) is 165 cm³/mol. The number of nitrogens with zero attached hydrogens (tertiary/aromatic N) is 2. The molecule has 11 heteroatoms. The Bertz CT molecular complexity index is 1190. The summed E-state index contributed by atoms with van der Waals surface area (Å²) in [5, 5.41) is 10.1. The molecular weight excluding hydrogens is 568 g/mol. The fourth-order valence-corrected chi connectivity index (χ4v) is 8.12. The number of halogens is 1. The summed E-state index contributed by atoms with van der Waals surface area (Å²) in [6, 6.07) is 18.3. The summed E-state index contributed by atoms with van der Waals surface area (Å²) in [4.78, 5) is 16.5. The second-order valence-electron chi connectivity index (χ2n) is 11.1. The van der Waals surface area contributed by atoms with Crippen molar-refractivity contribution in [1.82, 2.24) is 4.90 Å². The summed E-state index contributed by atoms with van der Waals surface area (Å²) in [5.41, 5.74) is 1.43. The van der Waals surface area contributed by atoms with Crippen LogP contribution in [0.3, 0.4) is 0 Å². The molecule has 2 rings (SSSR count). The van der Waals surface area contributed by atoms with Crippen molar-refractivity contribution < 1.29 is 26.9 Å². The first-order valence-corrected chi connectivity index (χ1v) is 18.5. The Morgan fingerprint density at radius 1 is 1.05 bits per heavy atom. The minimum atomic E-state index is -4.05. The molecule has 0 aliphatic carbocycles. The molecule has 0 fully saturated rings. The molecule has 0 saturated carbocycles. The second-order valence-corrected chi connectivity index (χ2v) is 17.8. The number of hydrogen-bond acceptors (Lipinski definition) is 7. The van der Waals surface area contributed by atoms with Crippen molar-refractivity contribution in [3.05, 3.63) is 64.7 Å². The Balaban J connectivity index is 2.61. The number of rotatable bonds is 14. The van der Waals surface area contributed by atoms with E-state index in [4.69, 9.17) is 20.2 Å². The standard InChI is InChI=1S/C29H45ClN2O6SSi/c1-8-40(9-2,10-3)38-27(22-31(18-19-33)21-23-14-12-11-13-15-23)24-16-17-25(30)26(20-24)32(29(4,5)6)28(34)37-39(7,35)36/h11-17,20,27,33H,8-10,18-19,21-22H2,1-7H3. The van der Waals surface area contributed by atoms with Gasteiger partial charge in [-0.1, -0.05) is 68.8 Å². The van der Waals surface area contributed by atoms with Crippen LogP contribution in [-0.2, 0) is 25.3 Å². The zero-order valence-electron chi connectivity index (χ0n) is 24.8. The molecule has 0 aromatic heterocycles. The van der Waals surface area contributed by atoms with E-state index in [-0.39, 0.29) is 17.7 Å². The summed E-state index contributed by atoms with van der Waals surface area (Å²) in [7, 11) is -6.15. The Morgan fingerprint density at radius 2 is 1.65 bits per heavy atom. The van der Waals surface area contributed by atoms with Crippen LogP contribution in [0.2, 0.25) is 23.2 Å². The molecule has 40 heavy (non-hydrogen) atoms. The number of hydrogen-bond donors (Lipinski definition) is 1. The van der Waals surface area contributed by atoms with Gasteiger partial charge in [0.1, 0.15) is 0 Å². The molecule has 2 aromatic rings. The van der Waals surface area contributed by atoms with Crippen LogP contribution < -0.4 is 4.90 Å².